The van der Waals surface area contributed by atoms with Crippen molar-refractivity contribution >= 4 is 17.8 Å². The van der Waals surface area contributed by atoms with Gasteiger partial charge in [-0.2, -0.15) is 0 Å². The molecule has 1 saturated heterocycles. The van der Waals surface area contributed by atoms with Crippen LogP contribution in [0.25, 0.3) is 0 Å². The van der Waals surface area contributed by atoms with Gasteiger partial charge in [-0.05, 0) is 6.92 Å². The van der Waals surface area contributed by atoms with Gasteiger partial charge < -0.3 is 19.5 Å². The minimum Gasteiger partial charge on any atom is -0.480 e. The van der Waals surface area contributed by atoms with Crippen LogP contribution in [0.4, 0.5) is 5.82 Å². The normalized spacial score (nSPS) is 21.4. The maximum absolute atomic E-state index is 11.6. The second kappa shape index (κ2) is 6.04. The van der Waals surface area contributed by atoms with E-state index in [2.05, 4.69) is 14.7 Å². The molecule has 1 aromatic rings. The molecule has 0 aliphatic carbocycles. The number of aromatic nitrogens is 2. The molecule has 114 valence electrons. The summed E-state index contributed by atoms with van der Waals surface area (Å²) < 4.78 is 9.83. The number of anilines is 1. The first-order valence-electron chi connectivity index (χ1n) is 6.42. The summed E-state index contributed by atoms with van der Waals surface area (Å²) in [4.78, 5) is 32.6. The van der Waals surface area contributed by atoms with Crippen LogP contribution in [0.3, 0.4) is 0 Å². The minimum atomic E-state index is -0.953. The van der Waals surface area contributed by atoms with Gasteiger partial charge in [0.15, 0.2) is 0 Å². The molecular weight excluding hydrogens is 278 g/mol. The molecule has 2 rings (SSSR count). The maximum Gasteiger partial charge on any atom is 0.376 e. The zero-order chi connectivity index (χ0) is 15.6. The molecular formula is C13H17N3O5. The van der Waals surface area contributed by atoms with Crippen LogP contribution in [0, 0.1) is 6.92 Å². The summed E-state index contributed by atoms with van der Waals surface area (Å²) in [5.74, 6) is -1.31. The van der Waals surface area contributed by atoms with Gasteiger partial charge in [-0.1, -0.05) is 0 Å². The Balaban J connectivity index is 2.37. The molecule has 2 atom stereocenters. The third-order valence-electron chi connectivity index (χ3n) is 3.38. The highest BCUT2D eigenvalue weighted by Gasteiger charge is 2.38. The van der Waals surface area contributed by atoms with Crippen LogP contribution in [0.5, 0.6) is 0 Å². The third-order valence-corrected chi connectivity index (χ3v) is 3.38. The molecule has 1 aliphatic rings. The largest absolute Gasteiger partial charge is 0.480 e. The van der Waals surface area contributed by atoms with Gasteiger partial charge in [0.1, 0.15) is 11.9 Å². The molecule has 0 saturated carbocycles. The number of rotatable bonds is 4. The molecule has 1 aliphatic heterocycles. The van der Waals surface area contributed by atoms with Crippen LogP contribution in [0.15, 0.2) is 6.07 Å². The molecule has 8 nitrogen and oxygen atoms in total. The zero-order valence-electron chi connectivity index (χ0n) is 12.1. The first kappa shape index (κ1) is 15.2. The van der Waals surface area contributed by atoms with Gasteiger partial charge >= 0.3 is 11.9 Å². The van der Waals surface area contributed by atoms with Crippen LogP contribution in [-0.2, 0) is 14.3 Å². The number of esters is 1. The number of carboxylic acid groups (broad SMARTS) is 1. The first-order valence-corrected chi connectivity index (χ1v) is 6.42. The second-order valence-electron chi connectivity index (χ2n) is 4.78. The van der Waals surface area contributed by atoms with Gasteiger partial charge in [0.2, 0.25) is 5.82 Å². The van der Waals surface area contributed by atoms with E-state index in [0.29, 0.717) is 24.5 Å². The number of carboxylic acids is 1. The van der Waals surface area contributed by atoms with Crippen LogP contribution >= 0.6 is 0 Å². The van der Waals surface area contributed by atoms with E-state index in [-0.39, 0.29) is 11.9 Å². The fraction of sp³-hybridized carbons (Fsp3) is 0.538. The topological polar surface area (TPSA) is 102 Å². The predicted octanol–water partition coefficient (Wildman–Crippen LogP) is 0.250. The molecule has 2 unspecified atom stereocenters. The van der Waals surface area contributed by atoms with E-state index in [1.165, 1.54) is 14.2 Å². The third kappa shape index (κ3) is 3.10. The van der Waals surface area contributed by atoms with Gasteiger partial charge in [-0.3, -0.25) is 0 Å². The molecule has 21 heavy (non-hydrogen) atoms. The van der Waals surface area contributed by atoms with Crippen molar-refractivity contribution < 1.29 is 24.2 Å². The molecule has 2 heterocycles. The Labute approximate surface area is 121 Å². The lowest BCUT2D eigenvalue weighted by molar-refractivity contribution is -0.138. The van der Waals surface area contributed by atoms with E-state index < -0.39 is 18.0 Å². The molecule has 1 aromatic heterocycles. The lowest BCUT2D eigenvalue weighted by Gasteiger charge is -2.22. The maximum atomic E-state index is 11.6. The number of methoxy groups -OCH3 is 2. The SMILES string of the molecule is COC(=O)c1nc(C)cc(N2CC(OC)CC2C(=O)O)n1. The number of hydrogen-bond donors (Lipinski definition) is 1. The van der Waals surface area contributed by atoms with Crippen molar-refractivity contribution in [2.75, 3.05) is 25.7 Å². The molecule has 8 heteroatoms. The summed E-state index contributed by atoms with van der Waals surface area (Å²) in [6, 6.07) is 0.898. The van der Waals surface area contributed by atoms with Crippen LogP contribution in [0.2, 0.25) is 0 Å². The zero-order valence-corrected chi connectivity index (χ0v) is 12.1. The van der Waals surface area contributed by atoms with E-state index in [1.807, 2.05) is 0 Å². The average molecular weight is 295 g/mol. The quantitative estimate of drug-likeness (QED) is 0.789. The average Bonchev–Trinajstić information content (AvgIpc) is 2.90. The Hall–Kier alpha value is -2.22. The number of ether oxygens (including phenoxy) is 2. The van der Waals surface area contributed by atoms with E-state index in [0.717, 1.165) is 0 Å². The molecule has 1 N–H and O–H groups in total. The van der Waals surface area contributed by atoms with Gasteiger partial charge in [-0.15, -0.1) is 0 Å². The monoisotopic (exact) mass is 295 g/mol. The number of nitrogens with zero attached hydrogens (tertiary/aromatic N) is 3. The van der Waals surface area contributed by atoms with Crippen LogP contribution in [-0.4, -0.2) is 59.9 Å². The number of aliphatic carboxylic acids is 1. The highest BCUT2D eigenvalue weighted by atomic mass is 16.5. The van der Waals surface area contributed by atoms with Crippen molar-refractivity contribution in [1.82, 2.24) is 9.97 Å². The van der Waals surface area contributed by atoms with Gasteiger partial charge in [-0.25, -0.2) is 19.6 Å². The molecule has 0 amide bonds. The summed E-state index contributed by atoms with van der Waals surface area (Å²) in [5, 5.41) is 9.32. The molecule has 0 spiro atoms. The lowest BCUT2D eigenvalue weighted by Crippen LogP contribution is -2.37. The number of hydrogen-bond acceptors (Lipinski definition) is 7. The highest BCUT2D eigenvalue weighted by molar-refractivity contribution is 5.86. The number of aryl methyl sites for hydroxylation is 1. The molecule has 0 radical (unpaired) electrons. The van der Waals surface area contributed by atoms with Crippen molar-refractivity contribution in [3.63, 3.8) is 0 Å². The Morgan fingerprint density at radius 1 is 1.38 bits per heavy atom. The van der Waals surface area contributed by atoms with Crippen molar-refractivity contribution in [1.29, 1.82) is 0 Å². The smallest absolute Gasteiger partial charge is 0.376 e. The number of carbonyl (C=O) groups excluding carboxylic acids is 1. The highest BCUT2D eigenvalue weighted by Crippen LogP contribution is 2.26. The van der Waals surface area contributed by atoms with Gasteiger partial charge in [0, 0.05) is 31.8 Å². The van der Waals surface area contributed by atoms with E-state index in [1.54, 1.807) is 17.9 Å². The Morgan fingerprint density at radius 2 is 2.10 bits per heavy atom. The van der Waals surface area contributed by atoms with Crippen molar-refractivity contribution in [2.24, 2.45) is 0 Å². The predicted molar refractivity (Wildman–Crippen MR) is 72.3 cm³/mol. The first-order chi connectivity index (χ1) is 9.96. The van der Waals surface area contributed by atoms with Crippen LogP contribution < -0.4 is 4.90 Å². The number of carbonyl (C=O) groups is 2. The van der Waals surface area contributed by atoms with Crippen molar-refractivity contribution in [3.05, 3.63) is 17.6 Å². The molecule has 1 fully saturated rings. The Kier molecular flexibility index (Phi) is 4.37. The van der Waals surface area contributed by atoms with Gasteiger partial charge in [0.05, 0.1) is 13.2 Å². The summed E-state index contributed by atoms with van der Waals surface area (Å²) in [7, 11) is 2.78. The standard InChI is InChI=1S/C13H17N3O5/c1-7-4-10(15-11(14-7)13(19)21-3)16-6-8(20-2)5-9(16)12(17)18/h4,8-9H,5-6H2,1-3H3,(H,17,18). The van der Waals surface area contributed by atoms with Gasteiger partial charge in [0.25, 0.3) is 0 Å². The summed E-state index contributed by atoms with van der Waals surface area (Å²) in [6.45, 7) is 2.10. The van der Waals surface area contributed by atoms with Crippen molar-refractivity contribution in [3.8, 4) is 0 Å². The minimum absolute atomic E-state index is 0.0856. The summed E-state index contributed by atoms with van der Waals surface area (Å²) >= 11 is 0. The Bertz CT molecular complexity index is 563. The van der Waals surface area contributed by atoms with E-state index >= 15 is 0 Å². The van der Waals surface area contributed by atoms with Crippen molar-refractivity contribution in [2.45, 2.75) is 25.5 Å². The second-order valence-corrected chi connectivity index (χ2v) is 4.78. The summed E-state index contributed by atoms with van der Waals surface area (Å²) in [6.07, 6.45) is 0.172. The van der Waals surface area contributed by atoms with E-state index in [4.69, 9.17) is 4.74 Å². The fourth-order valence-corrected chi connectivity index (χ4v) is 2.34. The van der Waals surface area contributed by atoms with Crippen LogP contribution in [0.1, 0.15) is 22.7 Å². The Morgan fingerprint density at radius 3 is 2.67 bits per heavy atom. The molecule has 0 bridgehead atoms. The fourth-order valence-electron chi connectivity index (χ4n) is 2.34. The molecule has 0 aromatic carbocycles. The van der Waals surface area contributed by atoms with E-state index in [9.17, 15) is 14.7 Å². The summed E-state index contributed by atoms with van der Waals surface area (Å²) in [5.41, 5.74) is 0.561. The lowest BCUT2D eigenvalue weighted by atomic mass is 10.2.